The van der Waals surface area contributed by atoms with E-state index in [1.165, 1.54) is 0 Å². The molecule has 1 amide bonds. The van der Waals surface area contributed by atoms with Gasteiger partial charge in [-0.05, 0) is 30.3 Å². The summed E-state index contributed by atoms with van der Waals surface area (Å²) in [6, 6.07) is 9.47. The number of hydrogen-bond acceptors (Lipinski definition) is 7. The molecule has 1 aliphatic rings. The van der Waals surface area contributed by atoms with Crippen LogP contribution < -0.4 is 10.3 Å². The molecule has 0 atom stereocenters. The first-order chi connectivity index (χ1) is 13.0. The molecule has 1 heterocycles. The Morgan fingerprint density at radius 1 is 1.00 bits per heavy atom. The molecule has 2 aromatic rings. The van der Waals surface area contributed by atoms with Crippen LogP contribution >= 0.6 is 0 Å². The molecule has 0 unspecified atom stereocenters. The van der Waals surface area contributed by atoms with Crippen LogP contribution in [-0.4, -0.2) is 104 Å². The summed E-state index contributed by atoms with van der Waals surface area (Å²) >= 11 is 0. The zero-order chi connectivity index (χ0) is 20.7. The maximum absolute atomic E-state index is 12.4. The van der Waals surface area contributed by atoms with E-state index in [1.54, 1.807) is 25.2 Å². The molecule has 3 N–H and O–H groups in total. The maximum Gasteiger partial charge on any atom is 0.296 e. The Hall–Kier alpha value is -0.800. The second-order valence-electron chi connectivity index (χ2n) is 5.84. The molecule has 14 heteroatoms. The van der Waals surface area contributed by atoms with E-state index < -0.39 is 35.9 Å². The number of rotatable bonds is 5. The number of carbonyl (C=O) groups excluding carboxylic acids is 1. The number of nitrogens with zero attached hydrogens (tertiary/aromatic N) is 2. The van der Waals surface area contributed by atoms with Gasteiger partial charge in [0.05, 0.1) is 22.7 Å². The van der Waals surface area contributed by atoms with Gasteiger partial charge < -0.3 is 5.32 Å². The first kappa shape index (κ1) is 27.2. The van der Waals surface area contributed by atoms with Crippen molar-refractivity contribution >= 4 is 102 Å². The third kappa shape index (κ3) is 5.91. The summed E-state index contributed by atoms with van der Waals surface area (Å²) in [7, 11) is -7.92. The number of benzene rings is 2. The summed E-state index contributed by atoms with van der Waals surface area (Å²) < 4.78 is 64.5. The van der Waals surface area contributed by atoms with Crippen LogP contribution in [0.25, 0.3) is 0 Å². The van der Waals surface area contributed by atoms with Crippen LogP contribution in [-0.2, 0) is 25.0 Å². The predicted molar refractivity (Wildman–Crippen MR) is 112 cm³/mol. The van der Waals surface area contributed by atoms with Crippen molar-refractivity contribution in [3.05, 3.63) is 48.0 Å². The predicted octanol–water partition coefficient (Wildman–Crippen LogP) is 0.601. The minimum absolute atomic E-state index is 0. The van der Waals surface area contributed by atoms with Gasteiger partial charge in [-0.15, -0.1) is 0 Å². The van der Waals surface area contributed by atoms with Crippen molar-refractivity contribution in [1.29, 1.82) is 0 Å². The molecule has 0 aliphatic carbocycles. The molecule has 150 valence electrons. The fourth-order valence-corrected chi connectivity index (χ4v) is 3.94. The standard InChI is InChI=1S/C16H15N3O7S2.2Na/c1-17-11-4-2-3-10(7-11)13-9-16(20)19(18-13)14-6-5-12(27(21,22)23)8-15(14)28(24,25)26;;/h2-8,17H,9H2,1H3,(H,21,22,23)(H,24,25,26);;. The number of hydrazone groups is 1. The van der Waals surface area contributed by atoms with Crippen LogP contribution in [0.1, 0.15) is 12.0 Å². The quantitative estimate of drug-likeness (QED) is 0.423. The Bertz CT molecular complexity index is 1220. The molecule has 0 aromatic heterocycles. The Balaban J connectivity index is 0.00000225. The zero-order valence-electron chi connectivity index (χ0n) is 16.4. The number of hydrogen-bond donors (Lipinski definition) is 3. The molecule has 0 spiro atoms. The van der Waals surface area contributed by atoms with Gasteiger partial charge in [-0.25, -0.2) is 0 Å². The number of carbonyl (C=O) groups is 1. The fraction of sp³-hybridized carbons (Fsp3) is 0.125. The average molecular weight is 471 g/mol. The zero-order valence-corrected chi connectivity index (χ0v) is 22.0. The number of nitrogens with one attached hydrogen (secondary N) is 1. The Morgan fingerprint density at radius 2 is 1.67 bits per heavy atom. The molecule has 2 radical (unpaired) electrons. The van der Waals surface area contributed by atoms with Crippen molar-refractivity contribution in [2.24, 2.45) is 5.10 Å². The van der Waals surface area contributed by atoms with E-state index in [9.17, 15) is 26.2 Å². The molecule has 10 nitrogen and oxygen atoms in total. The third-order valence-corrected chi connectivity index (χ3v) is 5.73. The summed E-state index contributed by atoms with van der Waals surface area (Å²) in [6.07, 6.45) is -0.127. The van der Waals surface area contributed by atoms with Crippen LogP contribution in [0.5, 0.6) is 0 Å². The summed E-state index contributed by atoms with van der Waals surface area (Å²) in [6.45, 7) is 0. The average Bonchev–Trinajstić information content (AvgIpc) is 3.01. The molecule has 30 heavy (non-hydrogen) atoms. The molecule has 0 bridgehead atoms. The SMILES string of the molecule is CNc1cccc(C2=NN(c3ccc(S(=O)(=O)O)cc3S(=O)(=O)O)C(=O)C2)c1.[Na].[Na]. The van der Waals surface area contributed by atoms with Crippen LogP contribution in [0, 0.1) is 0 Å². The Kier molecular flexibility index (Phi) is 9.27. The summed E-state index contributed by atoms with van der Waals surface area (Å²) in [5.41, 5.74) is 1.44. The van der Waals surface area contributed by atoms with E-state index in [1.807, 2.05) is 6.07 Å². The van der Waals surface area contributed by atoms with Crippen LogP contribution in [0.2, 0.25) is 0 Å². The molecular formula is C16H15N3Na2O7S2. The molecule has 0 fully saturated rings. The Labute approximate surface area is 217 Å². The maximum atomic E-state index is 12.4. The van der Waals surface area contributed by atoms with Gasteiger partial charge in [-0.3, -0.25) is 13.9 Å². The molecule has 0 saturated heterocycles. The fourth-order valence-electron chi connectivity index (χ4n) is 2.67. The second-order valence-corrected chi connectivity index (χ2v) is 8.65. The van der Waals surface area contributed by atoms with Crippen molar-refractivity contribution in [1.82, 2.24) is 0 Å². The van der Waals surface area contributed by atoms with E-state index in [0.29, 0.717) is 17.3 Å². The van der Waals surface area contributed by atoms with E-state index in [0.717, 1.165) is 22.8 Å². The number of amides is 1. The van der Waals surface area contributed by atoms with Gasteiger partial charge in [0.15, 0.2) is 0 Å². The van der Waals surface area contributed by atoms with Crippen molar-refractivity contribution in [2.45, 2.75) is 16.2 Å². The van der Waals surface area contributed by atoms with Gasteiger partial charge in [-0.1, -0.05) is 12.1 Å². The van der Waals surface area contributed by atoms with Gasteiger partial charge in [-0.2, -0.15) is 26.9 Å². The second kappa shape index (κ2) is 10.2. The molecule has 3 rings (SSSR count). The molecule has 0 saturated carbocycles. The van der Waals surface area contributed by atoms with Gasteiger partial charge >= 0.3 is 0 Å². The molecular weight excluding hydrogens is 456 g/mol. The van der Waals surface area contributed by atoms with Crippen molar-refractivity contribution in [3.8, 4) is 0 Å². The first-order valence-electron chi connectivity index (χ1n) is 7.78. The number of anilines is 2. The normalized spacial score (nSPS) is 13.9. The van der Waals surface area contributed by atoms with Crippen molar-refractivity contribution in [3.63, 3.8) is 0 Å². The smallest absolute Gasteiger partial charge is 0.296 e. The van der Waals surface area contributed by atoms with E-state index >= 15 is 0 Å². The minimum atomic E-state index is -4.92. The van der Waals surface area contributed by atoms with E-state index in [4.69, 9.17) is 4.55 Å². The molecule has 1 aliphatic heterocycles. The largest absolute Gasteiger partial charge is 0.388 e. The third-order valence-electron chi connectivity index (χ3n) is 4.00. The van der Waals surface area contributed by atoms with Crippen molar-refractivity contribution < 1.29 is 30.7 Å². The van der Waals surface area contributed by atoms with E-state index in [2.05, 4.69) is 10.4 Å². The summed E-state index contributed by atoms with van der Waals surface area (Å²) in [5.74, 6) is -0.575. The van der Waals surface area contributed by atoms with Gasteiger partial charge in [0, 0.05) is 77.4 Å². The van der Waals surface area contributed by atoms with Crippen molar-refractivity contribution in [2.75, 3.05) is 17.4 Å². The van der Waals surface area contributed by atoms with Gasteiger partial charge in [0.2, 0.25) is 0 Å². The minimum Gasteiger partial charge on any atom is -0.388 e. The van der Waals surface area contributed by atoms with Crippen LogP contribution in [0.4, 0.5) is 11.4 Å². The monoisotopic (exact) mass is 471 g/mol. The van der Waals surface area contributed by atoms with Gasteiger partial charge in [0.1, 0.15) is 4.90 Å². The van der Waals surface area contributed by atoms with E-state index in [-0.39, 0.29) is 71.2 Å². The van der Waals surface area contributed by atoms with Crippen LogP contribution in [0.3, 0.4) is 0 Å². The Morgan fingerprint density at radius 3 is 2.23 bits per heavy atom. The first-order valence-corrected chi connectivity index (χ1v) is 10.7. The summed E-state index contributed by atoms with van der Waals surface area (Å²) in [4.78, 5) is 10.8. The van der Waals surface area contributed by atoms with Gasteiger partial charge in [0.25, 0.3) is 26.1 Å². The topological polar surface area (TPSA) is 153 Å². The molecule has 2 aromatic carbocycles. The summed E-state index contributed by atoms with van der Waals surface area (Å²) in [5, 5.41) is 7.86. The van der Waals surface area contributed by atoms with Crippen LogP contribution in [0.15, 0.2) is 57.4 Å².